The average Bonchev–Trinajstić information content (AvgIpc) is 2.90. The molecule has 1 aromatic carbocycles. The normalized spacial score (nSPS) is 19.9. The first kappa shape index (κ1) is 19.2. The maximum Gasteiger partial charge on any atom is 0.274 e. The number of fused-ring (bicyclic) bond motifs is 1. The van der Waals surface area contributed by atoms with Crippen LogP contribution in [0.5, 0.6) is 0 Å². The SMILES string of the molecule is CCn1nc(C(=O)N2CCCCCC2)c2c1CCC(NCc1ccccc1)C2. The van der Waals surface area contributed by atoms with E-state index >= 15 is 0 Å². The number of nitrogens with one attached hydrogen (secondary N) is 1. The predicted octanol–water partition coefficient (Wildman–Crippen LogP) is 3.57. The van der Waals surface area contributed by atoms with Crippen molar-refractivity contribution in [1.82, 2.24) is 20.0 Å². The minimum absolute atomic E-state index is 0.147. The van der Waals surface area contributed by atoms with E-state index in [0.717, 1.165) is 58.3 Å². The Bertz CT molecular complexity index is 790. The van der Waals surface area contributed by atoms with E-state index in [1.54, 1.807) is 0 Å². The minimum Gasteiger partial charge on any atom is -0.337 e. The third-order valence-electron chi connectivity index (χ3n) is 6.18. The molecule has 1 saturated heterocycles. The highest BCUT2D eigenvalue weighted by Crippen LogP contribution is 2.27. The molecule has 0 bridgehead atoms. The van der Waals surface area contributed by atoms with Crippen molar-refractivity contribution in [2.75, 3.05) is 13.1 Å². The fourth-order valence-electron chi connectivity index (χ4n) is 4.58. The Labute approximate surface area is 168 Å². The van der Waals surface area contributed by atoms with E-state index in [-0.39, 0.29) is 5.91 Å². The van der Waals surface area contributed by atoms with Crippen LogP contribution in [0.25, 0.3) is 0 Å². The summed E-state index contributed by atoms with van der Waals surface area (Å²) in [6.07, 6.45) is 7.69. The summed E-state index contributed by atoms with van der Waals surface area (Å²) in [5, 5.41) is 8.47. The van der Waals surface area contributed by atoms with Gasteiger partial charge >= 0.3 is 0 Å². The molecule has 0 saturated carbocycles. The summed E-state index contributed by atoms with van der Waals surface area (Å²) >= 11 is 0. The zero-order valence-corrected chi connectivity index (χ0v) is 17.0. The lowest BCUT2D eigenvalue weighted by Gasteiger charge is -2.25. The molecule has 1 aromatic heterocycles. The quantitative estimate of drug-likeness (QED) is 0.863. The van der Waals surface area contributed by atoms with Gasteiger partial charge in [-0.05, 0) is 44.6 Å². The van der Waals surface area contributed by atoms with Crippen LogP contribution >= 0.6 is 0 Å². The second kappa shape index (κ2) is 8.91. The van der Waals surface area contributed by atoms with Crippen LogP contribution in [-0.2, 0) is 25.9 Å². The summed E-state index contributed by atoms with van der Waals surface area (Å²) in [7, 11) is 0. The molecule has 0 radical (unpaired) electrons. The lowest BCUT2D eigenvalue weighted by molar-refractivity contribution is 0.0753. The lowest BCUT2D eigenvalue weighted by atomic mass is 9.91. The minimum atomic E-state index is 0.147. The molecular weight excluding hydrogens is 348 g/mol. The molecule has 28 heavy (non-hydrogen) atoms. The van der Waals surface area contributed by atoms with Crippen molar-refractivity contribution in [1.29, 1.82) is 0 Å². The van der Waals surface area contributed by atoms with Crippen LogP contribution in [-0.4, -0.2) is 39.7 Å². The van der Waals surface area contributed by atoms with Gasteiger partial charge in [0.25, 0.3) is 5.91 Å². The van der Waals surface area contributed by atoms with Gasteiger partial charge < -0.3 is 10.2 Å². The molecule has 1 unspecified atom stereocenters. The molecular formula is C23H32N4O. The fourth-order valence-corrected chi connectivity index (χ4v) is 4.58. The predicted molar refractivity (Wildman–Crippen MR) is 111 cm³/mol. The molecule has 0 spiro atoms. The van der Waals surface area contributed by atoms with Gasteiger partial charge in [0.05, 0.1) is 0 Å². The molecule has 2 aliphatic rings. The van der Waals surface area contributed by atoms with Crippen LogP contribution in [0.4, 0.5) is 0 Å². The van der Waals surface area contributed by atoms with Gasteiger partial charge in [-0.25, -0.2) is 0 Å². The molecule has 150 valence electrons. The van der Waals surface area contributed by atoms with Crippen LogP contribution in [0.3, 0.4) is 0 Å². The Morgan fingerprint density at radius 1 is 1.14 bits per heavy atom. The Kier molecular flexibility index (Phi) is 6.10. The van der Waals surface area contributed by atoms with E-state index in [4.69, 9.17) is 5.10 Å². The highest BCUT2D eigenvalue weighted by Gasteiger charge is 2.30. The van der Waals surface area contributed by atoms with E-state index in [1.165, 1.54) is 29.7 Å². The third kappa shape index (κ3) is 4.14. The van der Waals surface area contributed by atoms with Gasteiger partial charge in [0.1, 0.15) is 0 Å². The number of hydrogen-bond donors (Lipinski definition) is 1. The Hall–Kier alpha value is -2.14. The summed E-state index contributed by atoms with van der Waals surface area (Å²) in [6, 6.07) is 10.9. The van der Waals surface area contributed by atoms with Crippen LogP contribution in [0.2, 0.25) is 0 Å². The summed E-state index contributed by atoms with van der Waals surface area (Å²) in [5.74, 6) is 0.147. The number of carbonyl (C=O) groups is 1. The Balaban J connectivity index is 1.50. The van der Waals surface area contributed by atoms with Gasteiger partial charge in [0.2, 0.25) is 0 Å². The average molecular weight is 381 g/mol. The van der Waals surface area contributed by atoms with Crippen molar-refractivity contribution in [3.8, 4) is 0 Å². The highest BCUT2D eigenvalue weighted by atomic mass is 16.2. The van der Waals surface area contributed by atoms with Gasteiger partial charge in [-0.15, -0.1) is 0 Å². The number of aromatic nitrogens is 2. The molecule has 1 atom stereocenters. The first-order chi connectivity index (χ1) is 13.8. The topological polar surface area (TPSA) is 50.2 Å². The summed E-state index contributed by atoms with van der Waals surface area (Å²) in [6.45, 7) is 5.58. The van der Waals surface area contributed by atoms with Crippen molar-refractivity contribution in [3.05, 3.63) is 52.8 Å². The first-order valence-corrected chi connectivity index (χ1v) is 10.9. The Morgan fingerprint density at radius 2 is 1.89 bits per heavy atom. The number of amides is 1. The molecule has 1 N–H and O–H groups in total. The summed E-state index contributed by atoms with van der Waals surface area (Å²) in [5.41, 5.74) is 4.48. The van der Waals surface area contributed by atoms with Gasteiger partial charge in [-0.1, -0.05) is 43.2 Å². The molecule has 2 aromatic rings. The highest BCUT2D eigenvalue weighted by molar-refractivity contribution is 5.94. The lowest BCUT2D eigenvalue weighted by Crippen LogP contribution is -2.36. The number of aryl methyl sites for hydroxylation is 1. The van der Waals surface area contributed by atoms with E-state index in [0.29, 0.717) is 11.7 Å². The first-order valence-electron chi connectivity index (χ1n) is 10.9. The van der Waals surface area contributed by atoms with Crippen LogP contribution in [0.1, 0.15) is 66.3 Å². The number of likely N-dealkylation sites (tertiary alicyclic amines) is 1. The monoisotopic (exact) mass is 380 g/mol. The number of rotatable bonds is 5. The van der Waals surface area contributed by atoms with E-state index in [2.05, 4.69) is 47.3 Å². The second-order valence-electron chi connectivity index (χ2n) is 8.10. The zero-order valence-electron chi connectivity index (χ0n) is 17.0. The molecule has 5 heteroatoms. The van der Waals surface area contributed by atoms with E-state index < -0.39 is 0 Å². The van der Waals surface area contributed by atoms with Gasteiger partial charge in [0.15, 0.2) is 5.69 Å². The van der Waals surface area contributed by atoms with E-state index in [1.807, 2.05) is 4.90 Å². The van der Waals surface area contributed by atoms with Crippen LogP contribution < -0.4 is 5.32 Å². The molecule has 1 aliphatic carbocycles. The van der Waals surface area contributed by atoms with E-state index in [9.17, 15) is 4.79 Å². The van der Waals surface area contributed by atoms with Crippen molar-refractivity contribution < 1.29 is 4.79 Å². The standard InChI is InChI=1S/C23H32N4O/c1-2-27-21-13-12-19(24-17-18-10-6-5-7-11-18)16-20(21)22(25-27)23(28)26-14-8-3-4-9-15-26/h5-7,10-11,19,24H,2-4,8-9,12-17H2,1H3. The van der Waals surface area contributed by atoms with Gasteiger partial charge in [0, 0.05) is 43.5 Å². The smallest absolute Gasteiger partial charge is 0.274 e. The molecule has 1 aliphatic heterocycles. The van der Waals surface area contributed by atoms with Crippen molar-refractivity contribution in [2.24, 2.45) is 0 Å². The Morgan fingerprint density at radius 3 is 2.61 bits per heavy atom. The number of carbonyl (C=O) groups excluding carboxylic acids is 1. The summed E-state index contributed by atoms with van der Waals surface area (Å²) in [4.78, 5) is 15.3. The molecule has 5 nitrogen and oxygen atoms in total. The number of benzene rings is 1. The maximum absolute atomic E-state index is 13.3. The molecule has 2 heterocycles. The third-order valence-corrected chi connectivity index (χ3v) is 6.18. The maximum atomic E-state index is 13.3. The largest absolute Gasteiger partial charge is 0.337 e. The number of nitrogens with zero attached hydrogens (tertiary/aromatic N) is 3. The second-order valence-corrected chi connectivity index (χ2v) is 8.10. The van der Waals surface area contributed by atoms with Crippen molar-refractivity contribution in [3.63, 3.8) is 0 Å². The molecule has 4 rings (SSSR count). The zero-order chi connectivity index (χ0) is 19.3. The summed E-state index contributed by atoms with van der Waals surface area (Å²) < 4.78 is 2.06. The van der Waals surface area contributed by atoms with Gasteiger partial charge in [-0.2, -0.15) is 5.10 Å². The van der Waals surface area contributed by atoms with Crippen molar-refractivity contribution >= 4 is 5.91 Å². The fraction of sp³-hybridized carbons (Fsp3) is 0.565. The van der Waals surface area contributed by atoms with Crippen LogP contribution in [0.15, 0.2) is 30.3 Å². The van der Waals surface area contributed by atoms with Crippen molar-refractivity contribution in [2.45, 2.75) is 71.0 Å². The van der Waals surface area contributed by atoms with Gasteiger partial charge in [-0.3, -0.25) is 9.48 Å². The van der Waals surface area contributed by atoms with Crippen LogP contribution in [0, 0.1) is 0 Å². The molecule has 1 fully saturated rings. The number of hydrogen-bond acceptors (Lipinski definition) is 3. The molecule has 1 amide bonds.